The summed E-state index contributed by atoms with van der Waals surface area (Å²) in [6, 6.07) is 5.84. The van der Waals surface area contributed by atoms with Gasteiger partial charge in [-0.1, -0.05) is 15.9 Å². The maximum atomic E-state index is 11.8. The van der Waals surface area contributed by atoms with Crippen molar-refractivity contribution in [3.63, 3.8) is 0 Å². The third-order valence-electron chi connectivity index (χ3n) is 2.77. The Labute approximate surface area is 114 Å². The van der Waals surface area contributed by atoms with E-state index in [2.05, 4.69) is 15.9 Å². The number of likely N-dealkylation sites (tertiary alicyclic amines) is 1. The van der Waals surface area contributed by atoms with Crippen LogP contribution in [0.3, 0.4) is 0 Å². The second kappa shape index (κ2) is 5.31. The number of benzene rings is 1. The molecule has 0 N–H and O–H groups in total. The van der Waals surface area contributed by atoms with Crippen LogP contribution in [-0.2, 0) is 4.79 Å². The Morgan fingerprint density at radius 2 is 2.29 bits per heavy atom. The lowest BCUT2D eigenvalue weighted by atomic mass is 10.3. The fourth-order valence-corrected chi connectivity index (χ4v) is 3.58. The molecular weight excluding hydrogens is 302 g/mol. The van der Waals surface area contributed by atoms with Crippen LogP contribution in [0.25, 0.3) is 0 Å². The van der Waals surface area contributed by atoms with Gasteiger partial charge in [-0.05, 0) is 24.6 Å². The highest BCUT2D eigenvalue weighted by Gasteiger charge is 2.30. The van der Waals surface area contributed by atoms with Crippen molar-refractivity contribution in [2.75, 3.05) is 20.7 Å². The molecule has 0 aliphatic carbocycles. The van der Waals surface area contributed by atoms with Gasteiger partial charge in [-0.15, -0.1) is 11.8 Å². The summed E-state index contributed by atoms with van der Waals surface area (Å²) in [5.41, 5.74) is 0. The van der Waals surface area contributed by atoms with Gasteiger partial charge in [0.2, 0.25) is 5.91 Å². The fourth-order valence-electron chi connectivity index (χ4n) is 1.80. The number of rotatable bonds is 3. The standard InChI is InChI=1S/C12H14BrNO2S/c1-14-6-5-10(12(14)15)17-11-7-8(13)3-4-9(11)16-2/h3-4,7,10H,5-6H2,1-2H3/t10-/m0/s1. The lowest BCUT2D eigenvalue weighted by Gasteiger charge is -2.12. The van der Waals surface area contributed by atoms with Gasteiger partial charge in [0.1, 0.15) is 5.75 Å². The van der Waals surface area contributed by atoms with E-state index in [0.717, 1.165) is 28.1 Å². The first-order valence-corrected chi connectivity index (χ1v) is 7.04. The van der Waals surface area contributed by atoms with Gasteiger partial charge >= 0.3 is 0 Å². The van der Waals surface area contributed by atoms with Crippen molar-refractivity contribution < 1.29 is 9.53 Å². The number of halogens is 1. The first-order chi connectivity index (χ1) is 8.11. The lowest BCUT2D eigenvalue weighted by Crippen LogP contribution is -2.23. The number of carbonyl (C=O) groups excluding carboxylic acids is 1. The van der Waals surface area contributed by atoms with Crippen molar-refractivity contribution >= 4 is 33.6 Å². The topological polar surface area (TPSA) is 29.5 Å². The molecule has 0 aromatic heterocycles. The maximum Gasteiger partial charge on any atom is 0.235 e. The van der Waals surface area contributed by atoms with Crippen LogP contribution in [0.2, 0.25) is 0 Å². The first-order valence-electron chi connectivity index (χ1n) is 5.37. The van der Waals surface area contributed by atoms with Gasteiger partial charge in [0.15, 0.2) is 0 Å². The molecular formula is C12H14BrNO2S. The number of nitrogens with zero attached hydrogens (tertiary/aromatic N) is 1. The van der Waals surface area contributed by atoms with Crippen LogP contribution in [0.1, 0.15) is 6.42 Å². The van der Waals surface area contributed by atoms with Crippen molar-refractivity contribution in [2.24, 2.45) is 0 Å². The Balaban J connectivity index is 2.18. The van der Waals surface area contributed by atoms with Crippen LogP contribution in [0, 0.1) is 0 Å². The molecule has 0 saturated carbocycles. The van der Waals surface area contributed by atoms with Crippen LogP contribution in [0.4, 0.5) is 0 Å². The monoisotopic (exact) mass is 315 g/mol. The minimum atomic E-state index is 0.0169. The molecule has 1 aliphatic heterocycles. The number of ether oxygens (including phenoxy) is 1. The summed E-state index contributed by atoms with van der Waals surface area (Å²) in [6.45, 7) is 0.840. The Bertz CT molecular complexity index is 439. The second-order valence-corrected chi connectivity index (χ2v) is 6.11. The molecule has 2 rings (SSSR count). The van der Waals surface area contributed by atoms with Crippen molar-refractivity contribution in [1.29, 1.82) is 0 Å². The lowest BCUT2D eigenvalue weighted by molar-refractivity contribution is -0.126. The quantitative estimate of drug-likeness (QED) is 0.859. The number of amides is 1. The molecule has 0 unspecified atom stereocenters. The molecule has 92 valence electrons. The third-order valence-corrected chi connectivity index (χ3v) is 4.56. The summed E-state index contributed by atoms with van der Waals surface area (Å²) in [5.74, 6) is 1.03. The van der Waals surface area contributed by atoms with E-state index in [1.54, 1.807) is 23.8 Å². The highest BCUT2D eigenvalue weighted by Crippen LogP contribution is 2.37. The van der Waals surface area contributed by atoms with Gasteiger partial charge in [-0.2, -0.15) is 0 Å². The van der Waals surface area contributed by atoms with Gasteiger partial charge in [0, 0.05) is 18.1 Å². The average molecular weight is 316 g/mol. The van der Waals surface area contributed by atoms with E-state index >= 15 is 0 Å². The predicted molar refractivity (Wildman–Crippen MR) is 72.6 cm³/mol. The minimum Gasteiger partial charge on any atom is -0.496 e. The summed E-state index contributed by atoms with van der Waals surface area (Å²) in [5, 5.41) is 0.0169. The van der Waals surface area contributed by atoms with Crippen LogP contribution in [0.5, 0.6) is 5.75 Å². The zero-order chi connectivity index (χ0) is 12.4. The summed E-state index contributed by atoms with van der Waals surface area (Å²) >= 11 is 5.02. The second-order valence-electron chi connectivity index (χ2n) is 3.95. The van der Waals surface area contributed by atoms with Crippen molar-refractivity contribution in [2.45, 2.75) is 16.6 Å². The van der Waals surface area contributed by atoms with E-state index in [1.807, 2.05) is 25.2 Å². The molecule has 3 nitrogen and oxygen atoms in total. The summed E-state index contributed by atoms with van der Waals surface area (Å²) in [4.78, 5) is 14.6. The third kappa shape index (κ3) is 2.77. The van der Waals surface area contributed by atoms with Crippen LogP contribution in [0.15, 0.2) is 27.6 Å². The first kappa shape index (κ1) is 12.8. The minimum absolute atomic E-state index is 0.0169. The highest BCUT2D eigenvalue weighted by molar-refractivity contribution is 9.10. The van der Waals surface area contributed by atoms with Gasteiger partial charge < -0.3 is 9.64 Å². The fraction of sp³-hybridized carbons (Fsp3) is 0.417. The van der Waals surface area contributed by atoms with Crippen molar-refractivity contribution in [3.8, 4) is 5.75 Å². The number of methoxy groups -OCH3 is 1. The van der Waals surface area contributed by atoms with Crippen LogP contribution in [-0.4, -0.2) is 36.8 Å². The smallest absolute Gasteiger partial charge is 0.235 e. The number of carbonyl (C=O) groups is 1. The summed E-state index contributed by atoms with van der Waals surface area (Å²) < 4.78 is 6.31. The maximum absolute atomic E-state index is 11.8. The molecule has 1 aromatic rings. The molecule has 0 bridgehead atoms. The summed E-state index contributed by atoms with van der Waals surface area (Å²) in [6.07, 6.45) is 0.898. The van der Waals surface area contributed by atoms with Crippen LogP contribution < -0.4 is 4.74 Å². The van der Waals surface area contributed by atoms with E-state index in [1.165, 1.54) is 0 Å². The SMILES string of the molecule is COc1ccc(Br)cc1S[C@H]1CCN(C)C1=O. The van der Waals surface area contributed by atoms with E-state index in [4.69, 9.17) is 4.74 Å². The normalized spacial score (nSPS) is 19.8. The number of hydrogen-bond acceptors (Lipinski definition) is 3. The molecule has 0 radical (unpaired) electrons. The van der Waals surface area contributed by atoms with Gasteiger partial charge in [0.05, 0.1) is 17.3 Å². The predicted octanol–water partition coefficient (Wildman–Crippen LogP) is 2.78. The Kier molecular flexibility index (Phi) is 3.99. The molecule has 1 aromatic carbocycles. The molecule has 17 heavy (non-hydrogen) atoms. The van der Waals surface area contributed by atoms with Crippen molar-refractivity contribution in [1.82, 2.24) is 4.90 Å². The molecule has 0 spiro atoms. The van der Waals surface area contributed by atoms with E-state index < -0.39 is 0 Å². The van der Waals surface area contributed by atoms with Gasteiger partial charge in [-0.25, -0.2) is 0 Å². The zero-order valence-electron chi connectivity index (χ0n) is 9.77. The molecule has 5 heteroatoms. The largest absolute Gasteiger partial charge is 0.496 e. The summed E-state index contributed by atoms with van der Waals surface area (Å²) in [7, 11) is 3.50. The number of thioether (sulfide) groups is 1. The highest BCUT2D eigenvalue weighted by atomic mass is 79.9. The molecule has 1 saturated heterocycles. The Morgan fingerprint density at radius 3 is 2.88 bits per heavy atom. The Hall–Kier alpha value is -0.680. The molecule has 1 fully saturated rings. The Morgan fingerprint density at radius 1 is 1.53 bits per heavy atom. The van der Waals surface area contributed by atoms with E-state index in [9.17, 15) is 4.79 Å². The van der Waals surface area contributed by atoms with Crippen LogP contribution >= 0.6 is 27.7 Å². The molecule has 1 atom stereocenters. The van der Waals surface area contributed by atoms with Crippen molar-refractivity contribution in [3.05, 3.63) is 22.7 Å². The average Bonchev–Trinajstić information content (AvgIpc) is 2.61. The van der Waals surface area contributed by atoms with Gasteiger partial charge in [-0.3, -0.25) is 4.79 Å². The van der Waals surface area contributed by atoms with E-state index in [0.29, 0.717) is 0 Å². The molecule has 1 aliphatic rings. The molecule has 1 heterocycles. The van der Waals surface area contributed by atoms with Gasteiger partial charge in [0.25, 0.3) is 0 Å². The molecule has 1 amide bonds. The number of hydrogen-bond donors (Lipinski definition) is 0. The van der Waals surface area contributed by atoms with E-state index in [-0.39, 0.29) is 11.2 Å². The zero-order valence-corrected chi connectivity index (χ0v) is 12.2.